The first-order valence-electron chi connectivity index (χ1n) is 8.04. The van der Waals surface area contributed by atoms with Crippen LogP contribution in [0.4, 0.5) is 0 Å². The fourth-order valence-corrected chi connectivity index (χ4v) is 2.44. The van der Waals surface area contributed by atoms with E-state index in [1.807, 2.05) is 0 Å². The van der Waals surface area contributed by atoms with Gasteiger partial charge in [0.05, 0.1) is 6.61 Å². The van der Waals surface area contributed by atoms with Gasteiger partial charge in [0.25, 0.3) is 0 Å². The third kappa shape index (κ3) is 7.01. The number of nitrogens with zero attached hydrogens (tertiary/aromatic N) is 3. The lowest BCUT2D eigenvalue weighted by Gasteiger charge is -2.39. The Bertz CT molecular complexity index is 364. The Hall–Kier alpha value is -0.930. The second-order valence-electron chi connectivity index (χ2n) is 5.64. The minimum atomic E-state index is -1.40. The molecule has 134 valence electrons. The van der Waals surface area contributed by atoms with Crippen LogP contribution in [0, 0.1) is 0 Å². The summed E-state index contributed by atoms with van der Waals surface area (Å²) in [6.45, 7) is 0.443. The molecule has 9 nitrogen and oxygen atoms in total. The van der Waals surface area contributed by atoms with Gasteiger partial charge in [-0.1, -0.05) is 30.8 Å². The molecule has 0 aromatic heterocycles. The topological polar surface area (TPSA) is 148 Å². The predicted molar refractivity (Wildman–Crippen MR) is 81.4 cm³/mol. The molecule has 0 aliphatic carbocycles. The first-order chi connectivity index (χ1) is 11.1. The molecule has 2 unspecified atom stereocenters. The Labute approximate surface area is 135 Å². The summed E-state index contributed by atoms with van der Waals surface area (Å²) in [4.78, 5) is 2.69. The number of azide groups is 1. The molecule has 0 amide bonds. The van der Waals surface area contributed by atoms with Gasteiger partial charge in [-0.25, -0.2) is 0 Å². The molecular weight excluding hydrogens is 306 g/mol. The Morgan fingerprint density at radius 3 is 2.26 bits per heavy atom. The van der Waals surface area contributed by atoms with E-state index < -0.39 is 37.3 Å². The van der Waals surface area contributed by atoms with Gasteiger partial charge in [0.15, 0.2) is 6.29 Å². The molecule has 5 atom stereocenters. The van der Waals surface area contributed by atoms with Gasteiger partial charge in [-0.2, -0.15) is 0 Å². The molecule has 0 aromatic rings. The lowest BCUT2D eigenvalue weighted by Crippen LogP contribution is -2.59. The van der Waals surface area contributed by atoms with Crippen molar-refractivity contribution >= 4 is 0 Å². The Morgan fingerprint density at radius 1 is 0.957 bits per heavy atom. The van der Waals surface area contributed by atoms with Gasteiger partial charge in [-0.05, 0) is 18.4 Å². The average Bonchev–Trinajstić information content (AvgIpc) is 2.56. The monoisotopic (exact) mass is 333 g/mol. The number of hydrogen-bond donors (Lipinski definition) is 4. The van der Waals surface area contributed by atoms with E-state index in [-0.39, 0.29) is 0 Å². The summed E-state index contributed by atoms with van der Waals surface area (Å²) in [5.74, 6) is 0. The summed E-state index contributed by atoms with van der Waals surface area (Å²) in [5, 5.41) is 41.6. The lowest BCUT2D eigenvalue weighted by molar-refractivity contribution is -0.301. The van der Waals surface area contributed by atoms with Gasteiger partial charge >= 0.3 is 0 Å². The van der Waals surface area contributed by atoms with E-state index in [1.165, 1.54) is 0 Å². The van der Waals surface area contributed by atoms with Crippen LogP contribution >= 0.6 is 0 Å². The van der Waals surface area contributed by atoms with Crippen LogP contribution in [0.25, 0.3) is 10.4 Å². The van der Waals surface area contributed by atoms with Crippen molar-refractivity contribution in [3.05, 3.63) is 10.4 Å². The highest BCUT2D eigenvalue weighted by Crippen LogP contribution is 2.22. The van der Waals surface area contributed by atoms with Crippen LogP contribution in [0.5, 0.6) is 0 Å². The van der Waals surface area contributed by atoms with E-state index in [1.54, 1.807) is 0 Å². The number of hydrogen-bond acceptors (Lipinski definition) is 7. The van der Waals surface area contributed by atoms with Crippen LogP contribution in [0.3, 0.4) is 0 Å². The number of aliphatic hydroxyl groups is 4. The van der Waals surface area contributed by atoms with Crippen LogP contribution in [-0.4, -0.2) is 70.9 Å². The maximum absolute atomic E-state index is 9.79. The molecule has 4 N–H and O–H groups in total. The Balaban J connectivity index is 2.09. The highest BCUT2D eigenvalue weighted by atomic mass is 16.7. The number of rotatable bonds is 11. The lowest BCUT2D eigenvalue weighted by atomic mass is 9.99. The van der Waals surface area contributed by atoms with E-state index in [9.17, 15) is 15.3 Å². The van der Waals surface area contributed by atoms with Crippen LogP contribution in [-0.2, 0) is 9.47 Å². The maximum Gasteiger partial charge on any atom is 0.186 e. The quantitative estimate of drug-likeness (QED) is 0.187. The van der Waals surface area contributed by atoms with Crippen molar-refractivity contribution in [2.24, 2.45) is 5.11 Å². The molecule has 1 rings (SSSR count). The van der Waals surface area contributed by atoms with Crippen LogP contribution in [0.2, 0.25) is 0 Å². The standard InChI is InChI=1S/C14H27N3O6/c15-17-16-7-5-3-1-2-4-6-8-22-14-13(21)12(20)11(19)10(9-18)23-14/h10-14,18-21H,1-9H2/t10?,11-,12+,13?,14-/m1/s1. The zero-order valence-corrected chi connectivity index (χ0v) is 13.2. The summed E-state index contributed by atoms with van der Waals surface area (Å²) in [6, 6.07) is 0. The Morgan fingerprint density at radius 2 is 1.61 bits per heavy atom. The van der Waals surface area contributed by atoms with Crippen LogP contribution in [0.15, 0.2) is 5.11 Å². The summed E-state index contributed by atoms with van der Waals surface area (Å²) >= 11 is 0. The molecule has 1 aliphatic heterocycles. The molecule has 1 saturated heterocycles. The van der Waals surface area contributed by atoms with Gasteiger partial charge < -0.3 is 29.9 Å². The zero-order chi connectivity index (χ0) is 17.1. The van der Waals surface area contributed by atoms with Crippen molar-refractivity contribution in [1.29, 1.82) is 0 Å². The van der Waals surface area contributed by atoms with Gasteiger partial charge in [-0.3, -0.25) is 0 Å². The van der Waals surface area contributed by atoms with Crippen LogP contribution in [0.1, 0.15) is 38.5 Å². The van der Waals surface area contributed by atoms with Crippen molar-refractivity contribution in [3.8, 4) is 0 Å². The highest BCUT2D eigenvalue weighted by molar-refractivity contribution is 4.88. The fourth-order valence-electron chi connectivity index (χ4n) is 2.44. The minimum absolute atomic E-state index is 0.363. The maximum atomic E-state index is 9.79. The van der Waals surface area contributed by atoms with Crippen molar-refractivity contribution in [2.75, 3.05) is 19.8 Å². The normalized spacial score (nSPS) is 30.9. The molecule has 0 radical (unpaired) electrons. The van der Waals surface area contributed by atoms with Crippen molar-refractivity contribution in [2.45, 2.75) is 69.2 Å². The average molecular weight is 333 g/mol. The first kappa shape index (κ1) is 20.1. The second-order valence-corrected chi connectivity index (χ2v) is 5.64. The minimum Gasteiger partial charge on any atom is -0.394 e. The molecule has 23 heavy (non-hydrogen) atoms. The number of unbranched alkanes of at least 4 members (excludes halogenated alkanes) is 5. The van der Waals surface area contributed by atoms with E-state index in [2.05, 4.69) is 10.0 Å². The molecule has 0 aromatic carbocycles. The molecule has 1 fully saturated rings. The van der Waals surface area contributed by atoms with E-state index in [0.29, 0.717) is 13.2 Å². The number of aliphatic hydroxyl groups excluding tert-OH is 4. The predicted octanol–water partition coefficient (Wildman–Crippen LogP) is 0.454. The van der Waals surface area contributed by atoms with E-state index in [4.69, 9.17) is 20.1 Å². The van der Waals surface area contributed by atoms with Gasteiger partial charge in [0.1, 0.15) is 24.4 Å². The van der Waals surface area contributed by atoms with Gasteiger partial charge in [-0.15, -0.1) is 0 Å². The highest BCUT2D eigenvalue weighted by Gasteiger charge is 2.43. The smallest absolute Gasteiger partial charge is 0.186 e. The summed E-state index contributed by atoms with van der Waals surface area (Å²) in [5.41, 5.74) is 8.13. The summed E-state index contributed by atoms with van der Waals surface area (Å²) < 4.78 is 10.6. The molecule has 1 aliphatic rings. The molecule has 0 bridgehead atoms. The summed E-state index contributed by atoms with van der Waals surface area (Å²) in [7, 11) is 0. The van der Waals surface area contributed by atoms with Gasteiger partial charge in [0, 0.05) is 18.1 Å². The molecule has 1 heterocycles. The molecule has 9 heteroatoms. The Kier molecular flexibility index (Phi) is 10.1. The van der Waals surface area contributed by atoms with Crippen molar-refractivity contribution < 1.29 is 29.9 Å². The van der Waals surface area contributed by atoms with Crippen molar-refractivity contribution in [1.82, 2.24) is 0 Å². The fraction of sp³-hybridized carbons (Fsp3) is 1.00. The van der Waals surface area contributed by atoms with E-state index in [0.717, 1.165) is 38.5 Å². The SMILES string of the molecule is [N-]=[N+]=NCCCCCCCCO[C@@H]1OC(CO)[C@@H](O)[C@H](O)C1O. The molecule has 0 saturated carbocycles. The second kappa shape index (κ2) is 11.6. The van der Waals surface area contributed by atoms with E-state index >= 15 is 0 Å². The third-order valence-electron chi connectivity index (χ3n) is 3.85. The summed E-state index contributed by atoms with van der Waals surface area (Å²) in [6.07, 6.45) is -0.336. The zero-order valence-electron chi connectivity index (χ0n) is 13.2. The van der Waals surface area contributed by atoms with Gasteiger partial charge in [0.2, 0.25) is 0 Å². The largest absolute Gasteiger partial charge is 0.394 e. The first-order valence-corrected chi connectivity index (χ1v) is 8.04. The third-order valence-corrected chi connectivity index (χ3v) is 3.85. The molecular formula is C14H27N3O6. The van der Waals surface area contributed by atoms with Crippen molar-refractivity contribution in [3.63, 3.8) is 0 Å². The molecule has 0 spiro atoms. The van der Waals surface area contributed by atoms with Crippen LogP contribution < -0.4 is 0 Å². The number of ether oxygens (including phenoxy) is 2.